The van der Waals surface area contributed by atoms with Gasteiger partial charge in [0.2, 0.25) is 0 Å². The van der Waals surface area contributed by atoms with Gasteiger partial charge in [0.25, 0.3) is 0 Å². The summed E-state index contributed by atoms with van der Waals surface area (Å²) >= 11 is 0. The lowest BCUT2D eigenvalue weighted by atomic mass is 10.1. The number of nitrogens with one attached hydrogen (secondary N) is 1. The van der Waals surface area contributed by atoms with Gasteiger partial charge in [-0.05, 0) is 38.1 Å². The fourth-order valence-electron chi connectivity index (χ4n) is 2.38. The third kappa shape index (κ3) is 2.57. The number of hydrogen-bond donors (Lipinski definition) is 1. The first-order valence-electron chi connectivity index (χ1n) is 7.16. The van der Waals surface area contributed by atoms with Crippen LogP contribution in [0, 0.1) is 0 Å². The Balaban J connectivity index is 2.08. The molecule has 0 atom stereocenters. The van der Waals surface area contributed by atoms with E-state index in [2.05, 4.69) is 16.3 Å². The van der Waals surface area contributed by atoms with E-state index >= 15 is 0 Å². The highest BCUT2D eigenvalue weighted by Crippen LogP contribution is 2.34. The van der Waals surface area contributed by atoms with Gasteiger partial charge in [0.15, 0.2) is 11.5 Å². The number of para-hydroxylation sites is 1. The molecule has 0 amide bonds. The van der Waals surface area contributed by atoms with E-state index in [0.717, 1.165) is 33.7 Å². The SMILES string of the molecule is CCOc1ccc(-c2n[nH]c3ccccc23)cc1OCC. The number of rotatable bonds is 5. The van der Waals surface area contributed by atoms with Crippen molar-refractivity contribution in [1.29, 1.82) is 0 Å². The van der Waals surface area contributed by atoms with Crippen LogP contribution in [0.5, 0.6) is 11.5 Å². The van der Waals surface area contributed by atoms with Crippen LogP contribution in [0.4, 0.5) is 0 Å². The van der Waals surface area contributed by atoms with Crippen LogP contribution in [0.2, 0.25) is 0 Å². The molecular formula is C17H18N2O2. The van der Waals surface area contributed by atoms with Crippen molar-refractivity contribution < 1.29 is 9.47 Å². The summed E-state index contributed by atoms with van der Waals surface area (Å²) in [7, 11) is 0. The molecule has 0 saturated heterocycles. The summed E-state index contributed by atoms with van der Waals surface area (Å²) in [5.74, 6) is 1.52. The molecule has 0 bridgehead atoms. The van der Waals surface area contributed by atoms with Gasteiger partial charge < -0.3 is 9.47 Å². The molecular weight excluding hydrogens is 264 g/mol. The van der Waals surface area contributed by atoms with E-state index in [1.165, 1.54) is 0 Å². The average molecular weight is 282 g/mol. The monoisotopic (exact) mass is 282 g/mol. The van der Waals surface area contributed by atoms with Crippen LogP contribution < -0.4 is 9.47 Å². The zero-order valence-electron chi connectivity index (χ0n) is 12.2. The number of aromatic nitrogens is 2. The Morgan fingerprint density at radius 1 is 0.952 bits per heavy atom. The molecule has 1 aromatic heterocycles. The molecule has 4 nitrogen and oxygen atoms in total. The molecule has 0 aliphatic heterocycles. The van der Waals surface area contributed by atoms with Crippen LogP contribution in [0.1, 0.15) is 13.8 Å². The summed E-state index contributed by atoms with van der Waals surface area (Å²) in [6, 6.07) is 14.0. The van der Waals surface area contributed by atoms with E-state index in [-0.39, 0.29) is 0 Å². The van der Waals surface area contributed by atoms with E-state index in [1.54, 1.807) is 0 Å². The second-order valence-corrected chi connectivity index (χ2v) is 4.65. The maximum Gasteiger partial charge on any atom is 0.161 e. The van der Waals surface area contributed by atoms with Crippen molar-refractivity contribution in [2.45, 2.75) is 13.8 Å². The number of benzene rings is 2. The van der Waals surface area contributed by atoms with Crippen LogP contribution in [0.25, 0.3) is 22.2 Å². The average Bonchev–Trinajstić information content (AvgIpc) is 2.93. The molecule has 0 unspecified atom stereocenters. The third-order valence-corrected chi connectivity index (χ3v) is 3.29. The Morgan fingerprint density at radius 2 is 1.71 bits per heavy atom. The van der Waals surface area contributed by atoms with Gasteiger partial charge >= 0.3 is 0 Å². The standard InChI is InChI=1S/C17H18N2O2/c1-3-20-15-10-9-12(11-16(15)21-4-2)17-13-7-5-6-8-14(13)18-19-17/h5-11H,3-4H2,1-2H3,(H,18,19). The summed E-state index contributed by atoms with van der Waals surface area (Å²) in [4.78, 5) is 0. The number of fused-ring (bicyclic) bond motifs is 1. The van der Waals surface area contributed by atoms with Crippen LogP contribution in [-0.4, -0.2) is 23.4 Å². The third-order valence-electron chi connectivity index (χ3n) is 3.29. The smallest absolute Gasteiger partial charge is 0.161 e. The summed E-state index contributed by atoms with van der Waals surface area (Å²) < 4.78 is 11.3. The van der Waals surface area contributed by atoms with Gasteiger partial charge in [-0.1, -0.05) is 18.2 Å². The highest BCUT2D eigenvalue weighted by molar-refractivity contribution is 5.93. The van der Waals surface area contributed by atoms with Crippen LogP contribution in [0.15, 0.2) is 42.5 Å². The Kier molecular flexibility index (Phi) is 3.77. The van der Waals surface area contributed by atoms with Gasteiger partial charge in [-0.15, -0.1) is 0 Å². The van der Waals surface area contributed by atoms with Crippen LogP contribution in [-0.2, 0) is 0 Å². The first kappa shape index (κ1) is 13.5. The van der Waals surface area contributed by atoms with Gasteiger partial charge in [0.1, 0.15) is 5.69 Å². The van der Waals surface area contributed by atoms with Crippen molar-refractivity contribution in [2.75, 3.05) is 13.2 Å². The molecule has 4 heteroatoms. The highest BCUT2D eigenvalue weighted by atomic mass is 16.5. The lowest BCUT2D eigenvalue weighted by molar-refractivity contribution is 0.288. The number of aromatic amines is 1. The van der Waals surface area contributed by atoms with E-state index in [9.17, 15) is 0 Å². The molecule has 0 radical (unpaired) electrons. The molecule has 0 aliphatic carbocycles. The van der Waals surface area contributed by atoms with Crippen molar-refractivity contribution in [3.8, 4) is 22.8 Å². The summed E-state index contributed by atoms with van der Waals surface area (Å²) in [5, 5.41) is 8.58. The second-order valence-electron chi connectivity index (χ2n) is 4.65. The molecule has 0 fully saturated rings. The van der Waals surface area contributed by atoms with Crippen molar-refractivity contribution in [3.63, 3.8) is 0 Å². The Labute approximate surface area is 123 Å². The van der Waals surface area contributed by atoms with Gasteiger partial charge in [0, 0.05) is 10.9 Å². The first-order valence-corrected chi connectivity index (χ1v) is 7.16. The van der Waals surface area contributed by atoms with Crippen LogP contribution in [0.3, 0.4) is 0 Å². The Hall–Kier alpha value is -2.49. The van der Waals surface area contributed by atoms with Gasteiger partial charge in [-0.3, -0.25) is 5.10 Å². The van der Waals surface area contributed by atoms with Crippen molar-refractivity contribution in [1.82, 2.24) is 10.2 Å². The molecule has 1 heterocycles. The predicted octanol–water partition coefficient (Wildman–Crippen LogP) is 4.03. The molecule has 0 saturated carbocycles. The maximum atomic E-state index is 5.68. The fourth-order valence-corrected chi connectivity index (χ4v) is 2.38. The van der Waals surface area contributed by atoms with Crippen molar-refractivity contribution in [3.05, 3.63) is 42.5 Å². The second kappa shape index (κ2) is 5.87. The van der Waals surface area contributed by atoms with Crippen molar-refractivity contribution in [2.24, 2.45) is 0 Å². The molecule has 3 aromatic rings. The minimum atomic E-state index is 0.602. The summed E-state index contributed by atoms with van der Waals surface area (Å²) in [6.45, 7) is 5.15. The molecule has 0 spiro atoms. The zero-order chi connectivity index (χ0) is 14.7. The normalized spacial score (nSPS) is 10.8. The number of ether oxygens (including phenoxy) is 2. The molecule has 21 heavy (non-hydrogen) atoms. The molecule has 2 aromatic carbocycles. The highest BCUT2D eigenvalue weighted by Gasteiger charge is 2.11. The fraction of sp³-hybridized carbons (Fsp3) is 0.235. The van der Waals surface area contributed by atoms with E-state index in [0.29, 0.717) is 13.2 Å². The maximum absolute atomic E-state index is 5.68. The van der Waals surface area contributed by atoms with Gasteiger partial charge in [-0.2, -0.15) is 5.10 Å². The minimum Gasteiger partial charge on any atom is -0.490 e. The van der Waals surface area contributed by atoms with Gasteiger partial charge in [-0.25, -0.2) is 0 Å². The van der Waals surface area contributed by atoms with Gasteiger partial charge in [0.05, 0.1) is 18.7 Å². The molecule has 1 N–H and O–H groups in total. The molecule has 108 valence electrons. The molecule has 3 rings (SSSR count). The minimum absolute atomic E-state index is 0.602. The summed E-state index contributed by atoms with van der Waals surface area (Å²) in [6.07, 6.45) is 0. The quantitative estimate of drug-likeness (QED) is 0.768. The van der Waals surface area contributed by atoms with E-state index in [4.69, 9.17) is 9.47 Å². The number of H-pyrrole nitrogens is 1. The molecule has 0 aliphatic rings. The number of hydrogen-bond acceptors (Lipinski definition) is 3. The predicted molar refractivity (Wildman–Crippen MR) is 83.9 cm³/mol. The van der Waals surface area contributed by atoms with E-state index in [1.807, 2.05) is 50.2 Å². The lowest BCUT2D eigenvalue weighted by Crippen LogP contribution is -1.98. The Bertz CT molecular complexity index is 749. The zero-order valence-corrected chi connectivity index (χ0v) is 12.2. The Morgan fingerprint density at radius 3 is 2.52 bits per heavy atom. The largest absolute Gasteiger partial charge is 0.490 e. The topological polar surface area (TPSA) is 47.1 Å². The van der Waals surface area contributed by atoms with Crippen molar-refractivity contribution >= 4 is 10.9 Å². The lowest BCUT2D eigenvalue weighted by Gasteiger charge is -2.11. The number of nitrogens with zero attached hydrogens (tertiary/aromatic N) is 1. The summed E-state index contributed by atoms with van der Waals surface area (Å²) in [5.41, 5.74) is 2.97. The van der Waals surface area contributed by atoms with E-state index < -0.39 is 0 Å². The first-order chi connectivity index (χ1) is 10.3. The van der Waals surface area contributed by atoms with Crippen LogP contribution >= 0.6 is 0 Å².